The van der Waals surface area contributed by atoms with Crippen molar-refractivity contribution in [1.29, 1.82) is 0 Å². The molecule has 3 fully saturated rings. The van der Waals surface area contributed by atoms with E-state index in [-0.39, 0.29) is 5.92 Å². The number of carbonyl (C=O) groups excluding carboxylic acids is 1. The predicted molar refractivity (Wildman–Crippen MR) is 123 cm³/mol. The summed E-state index contributed by atoms with van der Waals surface area (Å²) >= 11 is 0. The highest BCUT2D eigenvalue weighted by molar-refractivity contribution is 5.79. The molecule has 1 aromatic carbocycles. The summed E-state index contributed by atoms with van der Waals surface area (Å²) in [6.07, 6.45) is 7.12. The Morgan fingerprint density at radius 1 is 1.00 bits per heavy atom. The highest BCUT2D eigenvalue weighted by Gasteiger charge is 2.34. The van der Waals surface area contributed by atoms with Crippen LogP contribution >= 0.6 is 0 Å². The number of carbonyl (C=O) groups is 1. The third-order valence-electron chi connectivity index (χ3n) is 7.52. The molecule has 30 heavy (non-hydrogen) atoms. The van der Waals surface area contributed by atoms with E-state index in [1.807, 2.05) is 0 Å². The third kappa shape index (κ3) is 5.63. The molecule has 3 saturated heterocycles. The van der Waals surface area contributed by atoms with Crippen molar-refractivity contribution in [2.24, 2.45) is 5.92 Å². The van der Waals surface area contributed by atoms with Crippen molar-refractivity contribution >= 4 is 5.91 Å². The number of amides is 1. The molecule has 0 saturated carbocycles. The Balaban J connectivity index is 1.14. The molecule has 0 aromatic heterocycles. The van der Waals surface area contributed by atoms with Crippen LogP contribution in [0.3, 0.4) is 0 Å². The number of aryl methyl sites for hydroxylation is 1. The number of benzene rings is 1. The molecule has 0 aliphatic carbocycles. The second-order valence-electron chi connectivity index (χ2n) is 9.56. The summed E-state index contributed by atoms with van der Waals surface area (Å²) < 4.78 is 0. The number of likely N-dealkylation sites (tertiary alicyclic amines) is 2. The van der Waals surface area contributed by atoms with Gasteiger partial charge >= 0.3 is 0 Å². The van der Waals surface area contributed by atoms with Crippen LogP contribution in [0, 0.1) is 5.92 Å². The van der Waals surface area contributed by atoms with E-state index in [1.165, 1.54) is 50.9 Å². The normalized spacial score (nSPS) is 25.5. The SMILES string of the molecule is C[C@@H]1CNCCN1C(=O)C1CCN(C2CCN(CCCc3ccccc3)CC2)CC1. The maximum absolute atomic E-state index is 13.0. The summed E-state index contributed by atoms with van der Waals surface area (Å²) in [5, 5.41) is 3.39. The molecule has 1 N–H and O–H groups in total. The van der Waals surface area contributed by atoms with Gasteiger partial charge in [0.15, 0.2) is 0 Å². The van der Waals surface area contributed by atoms with Crippen molar-refractivity contribution < 1.29 is 4.79 Å². The monoisotopic (exact) mass is 412 g/mol. The molecular weight excluding hydrogens is 372 g/mol. The molecule has 3 aliphatic rings. The van der Waals surface area contributed by atoms with Crippen LogP contribution in [0.15, 0.2) is 30.3 Å². The van der Waals surface area contributed by atoms with Gasteiger partial charge in [-0.3, -0.25) is 4.79 Å². The number of piperidine rings is 2. The molecule has 1 atom stereocenters. The van der Waals surface area contributed by atoms with Crippen molar-refractivity contribution in [1.82, 2.24) is 20.0 Å². The maximum Gasteiger partial charge on any atom is 0.226 e. The van der Waals surface area contributed by atoms with E-state index in [0.717, 1.165) is 51.6 Å². The van der Waals surface area contributed by atoms with Gasteiger partial charge < -0.3 is 20.0 Å². The lowest BCUT2D eigenvalue weighted by Gasteiger charge is -2.43. The molecule has 5 nitrogen and oxygen atoms in total. The molecular formula is C25H40N4O. The molecule has 4 rings (SSSR count). The van der Waals surface area contributed by atoms with Gasteiger partial charge in [-0.05, 0) is 83.7 Å². The topological polar surface area (TPSA) is 38.8 Å². The summed E-state index contributed by atoms with van der Waals surface area (Å²) in [6.45, 7) is 10.8. The number of piperazine rings is 1. The average Bonchev–Trinajstić information content (AvgIpc) is 2.80. The lowest BCUT2D eigenvalue weighted by molar-refractivity contribution is -0.140. The van der Waals surface area contributed by atoms with E-state index in [1.54, 1.807) is 0 Å². The highest BCUT2D eigenvalue weighted by Crippen LogP contribution is 2.26. The van der Waals surface area contributed by atoms with Gasteiger partial charge in [-0.2, -0.15) is 0 Å². The van der Waals surface area contributed by atoms with Crippen LogP contribution in [-0.4, -0.2) is 85.0 Å². The first-order chi connectivity index (χ1) is 14.7. The first kappa shape index (κ1) is 21.8. The van der Waals surface area contributed by atoms with E-state index in [2.05, 4.69) is 57.3 Å². The fourth-order valence-corrected chi connectivity index (χ4v) is 5.57. The van der Waals surface area contributed by atoms with Gasteiger partial charge in [-0.1, -0.05) is 30.3 Å². The van der Waals surface area contributed by atoms with Gasteiger partial charge in [-0.25, -0.2) is 0 Å². The summed E-state index contributed by atoms with van der Waals surface area (Å²) in [6, 6.07) is 11.9. The Morgan fingerprint density at radius 3 is 2.43 bits per heavy atom. The Bertz CT molecular complexity index is 650. The van der Waals surface area contributed by atoms with Crippen LogP contribution in [0.4, 0.5) is 0 Å². The zero-order valence-corrected chi connectivity index (χ0v) is 18.8. The van der Waals surface area contributed by atoms with Crippen LogP contribution < -0.4 is 5.32 Å². The Labute approximate surface area is 182 Å². The molecule has 3 heterocycles. The number of nitrogens with zero attached hydrogens (tertiary/aromatic N) is 3. The van der Waals surface area contributed by atoms with E-state index in [9.17, 15) is 4.79 Å². The summed E-state index contributed by atoms with van der Waals surface area (Å²) in [4.78, 5) is 20.4. The van der Waals surface area contributed by atoms with Gasteiger partial charge in [0, 0.05) is 37.6 Å². The molecule has 0 bridgehead atoms. The maximum atomic E-state index is 13.0. The van der Waals surface area contributed by atoms with Crippen LogP contribution in [-0.2, 0) is 11.2 Å². The van der Waals surface area contributed by atoms with E-state index in [4.69, 9.17) is 0 Å². The number of nitrogens with one attached hydrogen (secondary N) is 1. The second-order valence-corrected chi connectivity index (χ2v) is 9.56. The van der Waals surface area contributed by atoms with E-state index < -0.39 is 0 Å². The minimum absolute atomic E-state index is 0.250. The molecule has 1 amide bonds. The number of hydrogen-bond donors (Lipinski definition) is 1. The minimum Gasteiger partial charge on any atom is -0.337 e. The third-order valence-corrected chi connectivity index (χ3v) is 7.52. The molecule has 1 aromatic rings. The number of rotatable bonds is 6. The smallest absolute Gasteiger partial charge is 0.226 e. The minimum atomic E-state index is 0.250. The standard InChI is InChI=1S/C25H40N4O/c1-21-20-26-13-19-29(21)25(30)23-9-17-28(18-10-23)24-11-15-27(16-12-24)14-5-8-22-6-3-2-4-7-22/h2-4,6-7,21,23-24,26H,5,8-20H2,1H3/t21-/m1/s1. The van der Waals surface area contributed by atoms with E-state index in [0.29, 0.717) is 11.9 Å². The van der Waals surface area contributed by atoms with Gasteiger partial charge in [0.2, 0.25) is 5.91 Å². The first-order valence-corrected chi connectivity index (χ1v) is 12.2. The lowest BCUT2D eigenvalue weighted by atomic mass is 9.91. The summed E-state index contributed by atoms with van der Waals surface area (Å²) in [7, 11) is 0. The second kappa shape index (κ2) is 10.7. The summed E-state index contributed by atoms with van der Waals surface area (Å²) in [5.74, 6) is 0.664. The van der Waals surface area contributed by atoms with Crippen molar-refractivity contribution in [2.75, 3.05) is 52.4 Å². The fraction of sp³-hybridized carbons (Fsp3) is 0.720. The lowest BCUT2D eigenvalue weighted by Crippen LogP contribution is -2.55. The van der Waals surface area contributed by atoms with Gasteiger partial charge in [0.05, 0.1) is 0 Å². The van der Waals surface area contributed by atoms with Crippen molar-refractivity contribution in [3.63, 3.8) is 0 Å². The average molecular weight is 413 g/mol. The quantitative estimate of drug-likeness (QED) is 0.780. The highest BCUT2D eigenvalue weighted by atomic mass is 16.2. The van der Waals surface area contributed by atoms with Crippen LogP contribution in [0.1, 0.15) is 44.6 Å². The Kier molecular flexibility index (Phi) is 7.80. The molecule has 5 heteroatoms. The van der Waals surface area contributed by atoms with Crippen LogP contribution in [0.2, 0.25) is 0 Å². The molecule has 0 spiro atoms. The molecule has 166 valence electrons. The van der Waals surface area contributed by atoms with Crippen molar-refractivity contribution in [3.05, 3.63) is 35.9 Å². The Hall–Kier alpha value is -1.43. The number of hydrogen-bond acceptors (Lipinski definition) is 4. The zero-order chi connectivity index (χ0) is 20.8. The molecule has 3 aliphatic heterocycles. The van der Waals surface area contributed by atoms with Crippen molar-refractivity contribution in [2.45, 2.75) is 57.5 Å². The van der Waals surface area contributed by atoms with Gasteiger partial charge in [-0.15, -0.1) is 0 Å². The van der Waals surface area contributed by atoms with E-state index >= 15 is 0 Å². The largest absolute Gasteiger partial charge is 0.337 e. The first-order valence-electron chi connectivity index (χ1n) is 12.2. The van der Waals surface area contributed by atoms with Crippen LogP contribution in [0.5, 0.6) is 0 Å². The van der Waals surface area contributed by atoms with Crippen LogP contribution in [0.25, 0.3) is 0 Å². The van der Waals surface area contributed by atoms with Gasteiger partial charge in [0.1, 0.15) is 0 Å². The zero-order valence-electron chi connectivity index (χ0n) is 18.8. The summed E-state index contributed by atoms with van der Waals surface area (Å²) in [5.41, 5.74) is 1.46. The van der Waals surface area contributed by atoms with Gasteiger partial charge in [0.25, 0.3) is 0 Å². The fourth-order valence-electron chi connectivity index (χ4n) is 5.57. The predicted octanol–water partition coefficient (Wildman–Crippen LogP) is 2.62. The molecule has 0 unspecified atom stereocenters. The molecule has 0 radical (unpaired) electrons. The Morgan fingerprint density at radius 2 is 1.73 bits per heavy atom. The van der Waals surface area contributed by atoms with Crippen molar-refractivity contribution in [3.8, 4) is 0 Å².